The number of benzene rings is 1. The molecule has 0 heterocycles. The zero-order valence-corrected chi connectivity index (χ0v) is 13.6. The number of amides is 2. The normalized spacial score (nSPS) is 10.1. The molecule has 1 aromatic rings. The number of unbranched alkanes of at least 4 members (excludes halogenated alkanes) is 1. The van der Waals surface area contributed by atoms with Crippen molar-refractivity contribution in [2.75, 3.05) is 26.8 Å². The molecule has 1 rings (SSSR count). The molecule has 0 aliphatic heterocycles. The Morgan fingerprint density at radius 1 is 1.20 bits per heavy atom. The number of carbonyl (C=O) groups is 2. The third kappa shape index (κ3) is 6.33. The minimum Gasteiger partial charge on any atom is -0.385 e. The fourth-order valence-electron chi connectivity index (χ4n) is 1.56. The van der Waals surface area contributed by atoms with Crippen LogP contribution in [0.25, 0.3) is 0 Å². The highest BCUT2D eigenvalue weighted by molar-refractivity contribution is 14.1. The summed E-state index contributed by atoms with van der Waals surface area (Å²) in [5.74, 6) is -0.411. The summed E-state index contributed by atoms with van der Waals surface area (Å²) in [7, 11) is 1.65. The minimum absolute atomic E-state index is 0.00587. The summed E-state index contributed by atoms with van der Waals surface area (Å²) < 4.78 is 5.78. The van der Waals surface area contributed by atoms with E-state index in [0.29, 0.717) is 18.7 Å². The number of nitrogens with one attached hydrogen (secondary N) is 2. The molecule has 0 saturated carbocycles. The van der Waals surface area contributed by atoms with E-state index in [0.717, 1.165) is 16.4 Å². The standard InChI is InChI=1S/C14H19IN2O3/c1-20-9-5-4-8-16-13(18)10-17-14(19)11-6-2-3-7-12(11)15/h2-3,6-7H,4-5,8-10H2,1H3,(H,16,18)(H,17,19). The smallest absolute Gasteiger partial charge is 0.252 e. The van der Waals surface area contributed by atoms with E-state index in [-0.39, 0.29) is 18.4 Å². The van der Waals surface area contributed by atoms with Crippen LogP contribution in [-0.4, -0.2) is 38.6 Å². The van der Waals surface area contributed by atoms with Crippen molar-refractivity contribution < 1.29 is 14.3 Å². The van der Waals surface area contributed by atoms with E-state index in [1.54, 1.807) is 19.2 Å². The van der Waals surface area contributed by atoms with Gasteiger partial charge in [-0.25, -0.2) is 0 Å². The Hall–Kier alpha value is -1.15. The minimum atomic E-state index is -0.232. The van der Waals surface area contributed by atoms with Gasteiger partial charge in [0.15, 0.2) is 0 Å². The van der Waals surface area contributed by atoms with Crippen molar-refractivity contribution in [3.8, 4) is 0 Å². The van der Waals surface area contributed by atoms with Gasteiger partial charge in [-0.3, -0.25) is 9.59 Å². The second kappa shape index (κ2) is 9.71. The molecule has 2 N–H and O–H groups in total. The maximum absolute atomic E-state index is 11.9. The first-order chi connectivity index (χ1) is 9.65. The zero-order chi connectivity index (χ0) is 14.8. The maximum Gasteiger partial charge on any atom is 0.252 e. The fourth-order valence-corrected chi connectivity index (χ4v) is 2.20. The predicted octanol–water partition coefficient (Wildman–Crippen LogP) is 1.56. The molecule has 6 heteroatoms. The lowest BCUT2D eigenvalue weighted by Crippen LogP contribution is -2.37. The molecule has 0 aromatic heterocycles. The summed E-state index contributed by atoms with van der Waals surface area (Å²) in [4.78, 5) is 23.4. The molecule has 0 aliphatic rings. The molecule has 5 nitrogen and oxygen atoms in total. The van der Waals surface area contributed by atoms with Gasteiger partial charge in [0.1, 0.15) is 0 Å². The quantitative estimate of drug-likeness (QED) is 0.523. The van der Waals surface area contributed by atoms with Crippen molar-refractivity contribution in [3.63, 3.8) is 0 Å². The second-order valence-electron chi connectivity index (χ2n) is 4.21. The lowest BCUT2D eigenvalue weighted by atomic mass is 10.2. The van der Waals surface area contributed by atoms with E-state index in [1.807, 2.05) is 12.1 Å². The van der Waals surface area contributed by atoms with Crippen LogP contribution < -0.4 is 10.6 Å². The van der Waals surface area contributed by atoms with Crippen LogP contribution in [0.1, 0.15) is 23.2 Å². The van der Waals surface area contributed by atoms with Crippen molar-refractivity contribution >= 4 is 34.4 Å². The number of ether oxygens (including phenoxy) is 1. The highest BCUT2D eigenvalue weighted by Crippen LogP contribution is 2.10. The molecule has 0 unspecified atom stereocenters. The zero-order valence-electron chi connectivity index (χ0n) is 11.4. The van der Waals surface area contributed by atoms with Crippen LogP contribution in [0.2, 0.25) is 0 Å². The van der Waals surface area contributed by atoms with E-state index in [1.165, 1.54) is 0 Å². The van der Waals surface area contributed by atoms with Crippen LogP contribution in [0.4, 0.5) is 0 Å². The molecule has 0 radical (unpaired) electrons. The maximum atomic E-state index is 11.9. The average molecular weight is 390 g/mol. The Bertz CT molecular complexity index is 452. The lowest BCUT2D eigenvalue weighted by molar-refractivity contribution is -0.120. The third-order valence-corrected chi connectivity index (χ3v) is 3.57. The Labute approximate surface area is 132 Å². The number of rotatable bonds is 8. The lowest BCUT2D eigenvalue weighted by Gasteiger charge is -2.08. The third-order valence-electron chi connectivity index (χ3n) is 2.63. The summed E-state index contributed by atoms with van der Waals surface area (Å²) in [6.45, 7) is 1.29. The molecule has 0 fully saturated rings. The van der Waals surface area contributed by atoms with Crippen LogP contribution in [-0.2, 0) is 9.53 Å². The van der Waals surface area contributed by atoms with E-state index in [4.69, 9.17) is 4.74 Å². The summed E-state index contributed by atoms with van der Waals surface area (Å²) in [6.07, 6.45) is 1.77. The predicted molar refractivity (Wildman–Crippen MR) is 85.6 cm³/mol. The first-order valence-electron chi connectivity index (χ1n) is 6.43. The molecule has 110 valence electrons. The number of hydrogen-bond donors (Lipinski definition) is 2. The molecule has 0 aliphatic carbocycles. The van der Waals surface area contributed by atoms with Gasteiger partial charge in [-0.1, -0.05) is 12.1 Å². The molecular weight excluding hydrogens is 371 g/mol. The van der Waals surface area contributed by atoms with Gasteiger partial charge < -0.3 is 15.4 Å². The number of halogens is 1. The Balaban J connectivity index is 2.24. The molecule has 0 atom stereocenters. The van der Waals surface area contributed by atoms with Crippen molar-refractivity contribution in [1.82, 2.24) is 10.6 Å². The number of hydrogen-bond acceptors (Lipinski definition) is 3. The summed E-state index contributed by atoms with van der Waals surface area (Å²) in [5.41, 5.74) is 0.584. The van der Waals surface area contributed by atoms with E-state index < -0.39 is 0 Å². The Kier molecular flexibility index (Phi) is 8.20. The van der Waals surface area contributed by atoms with E-state index >= 15 is 0 Å². The summed E-state index contributed by atoms with van der Waals surface area (Å²) in [5, 5.41) is 5.36. The van der Waals surface area contributed by atoms with Gasteiger partial charge in [0.05, 0.1) is 12.1 Å². The van der Waals surface area contributed by atoms with Gasteiger partial charge in [-0.05, 0) is 47.6 Å². The fraction of sp³-hybridized carbons (Fsp3) is 0.429. The molecule has 0 bridgehead atoms. The van der Waals surface area contributed by atoms with Crippen LogP contribution in [0, 0.1) is 3.57 Å². The first-order valence-corrected chi connectivity index (χ1v) is 7.51. The summed E-state index contributed by atoms with van der Waals surface area (Å²) in [6, 6.07) is 7.25. The van der Waals surface area contributed by atoms with Crippen LogP contribution in [0.15, 0.2) is 24.3 Å². The highest BCUT2D eigenvalue weighted by atomic mass is 127. The van der Waals surface area contributed by atoms with Gasteiger partial charge in [0.25, 0.3) is 5.91 Å². The molecular formula is C14H19IN2O3. The van der Waals surface area contributed by atoms with Gasteiger partial charge in [0, 0.05) is 23.8 Å². The molecule has 1 aromatic carbocycles. The Morgan fingerprint density at radius 2 is 1.95 bits per heavy atom. The summed E-state index contributed by atoms with van der Waals surface area (Å²) >= 11 is 2.09. The second-order valence-corrected chi connectivity index (χ2v) is 5.37. The van der Waals surface area contributed by atoms with E-state index in [9.17, 15) is 9.59 Å². The van der Waals surface area contributed by atoms with Crippen molar-refractivity contribution in [1.29, 1.82) is 0 Å². The highest BCUT2D eigenvalue weighted by Gasteiger charge is 2.10. The van der Waals surface area contributed by atoms with E-state index in [2.05, 4.69) is 33.2 Å². The monoisotopic (exact) mass is 390 g/mol. The van der Waals surface area contributed by atoms with Crippen LogP contribution in [0.3, 0.4) is 0 Å². The van der Waals surface area contributed by atoms with Crippen molar-refractivity contribution in [3.05, 3.63) is 33.4 Å². The molecule has 0 spiro atoms. The first kappa shape index (κ1) is 16.9. The average Bonchev–Trinajstić information content (AvgIpc) is 2.45. The topological polar surface area (TPSA) is 67.4 Å². The number of carbonyl (C=O) groups excluding carboxylic acids is 2. The molecule has 20 heavy (non-hydrogen) atoms. The van der Waals surface area contributed by atoms with Gasteiger partial charge in [0.2, 0.25) is 5.91 Å². The van der Waals surface area contributed by atoms with Crippen molar-refractivity contribution in [2.24, 2.45) is 0 Å². The SMILES string of the molecule is COCCCCNC(=O)CNC(=O)c1ccccc1I. The molecule has 0 saturated heterocycles. The van der Waals surface area contributed by atoms with Gasteiger partial charge in [-0.2, -0.15) is 0 Å². The van der Waals surface area contributed by atoms with Gasteiger partial charge in [-0.15, -0.1) is 0 Å². The van der Waals surface area contributed by atoms with Gasteiger partial charge >= 0.3 is 0 Å². The van der Waals surface area contributed by atoms with Crippen LogP contribution in [0.5, 0.6) is 0 Å². The molecule has 2 amide bonds. The van der Waals surface area contributed by atoms with Crippen molar-refractivity contribution in [2.45, 2.75) is 12.8 Å². The number of methoxy groups -OCH3 is 1. The largest absolute Gasteiger partial charge is 0.385 e. The van der Waals surface area contributed by atoms with Crippen LogP contribution >= 0.6 is 22.6 Å². The Morgan fingerprint density at radius 3 is 2.65 bits per heavy atom.